The second-order valence-electron chi connectivity index (χ2n) is 4.59. The summed E-state index contributed by atoms with van der Waals surface area (Å²) in [6, 6.07) is 3.66. The molecule has 1 aromatic carbocycles. The lowest BCUT2D eigenvalue weighted by Gasteiger charge is -2.09. The van der Waals surface area contributed by atoms with Gasteiger partial charge in [-0.15, -0.1) is 0 Å². The number of hydrogen-bond donors (Lipinski definition) is 0. The van der Waals surface area contributed by atoms with Crippen molar-refractivity contribution in [1.82, 2.24) is 9.36 Å². The summed E-state index contributed by atoms with van der Waals surface area (Å²) in [5.41, 5.74) is 1.71. The maximum atomic E-state index is 12.6. The Balaban J connectivity index is 1.84. The molecule has 22 heavy (non-hydrogen) atoms. The van der Waals surface area contributed by atoms with E-state index in [1.807, 2.05) is 12.3 Å². The number of ketones is 1. The molecule has 1 atom stereocenters. The number of rotatable bonds is 5. The smallest absolute Gasteiger partial charge is 0.200 e. The van der Waals surface area contributed by atoms with E-state index < -0.39 is 0 Å². The first-order chi connectivity index (χ1) is 10.7. The van der Waals surface area contributed by atoms with Crippen LogP contribution in [-0.2, 0) is 6.42 Å². The zero-order valence-electron chi connectivity index (χ0n) is 12.3. The van der Waals surface area contributed by atoms with Crippen molar-refractivity contribution in [2.75, 3.05) is 20.5 Å². The summed E-state index contributed by atoms with van der Waals surface area (Å²) >= 11 is 4.32. The van der Waals surface area contributed by atoms with Crippen LogP contribution in [0, 0.1) is 0 Å². The lowest BCUT2D eigenvalue weighted by Crippen LogP contribution is -2.10. The van der Waals surface area contributed by atoms with Gasteiger partial charge in [0.1, 0.15) is 0 Å². The van der Waals surface area contributed by atoms with Crippen molar-refractivity contribution < 1.29 is 14.3 Å². The minimum absolute atomic E-state index is 0.113. The molecular formula is C14H14N2O3S3. The van der Waals surface area contributed by atoms with E-state index in [0.717, 1.165) is 15.1 Å². The minimum atomic E-state index is -0.158. The number of nitrogens with zero attached hydrogens (tertiary/aromatic N) is 2. The number of methoxy groups -OCH3 is 2. The van der Waals surface area contributed by atoms with E-state index in [1.54, 1.807) is 20.3 Å². The minimum Gasteiger partial charge on any atom is -0.493 e. The van der Waals surface area contributed by atoms with E-state index in [1.165, 1.54) is 35.1 Å². The Labute approximate surface area is 141 Å². The summed E-state index contributed by atoms with van der Waals surface area (Å²) in [6.45, 7) is 0. The number of carbonyl (C=O) groups excluding carboxylic acids is 1. The van der Waals surface area contributed by atoms with Crippen LogP contribution in [0.3, 0.4) is 0 Å². The quantitative estimate of drug-likeness (QED) is 0.764. The number of aromatic nitrogens is 2. The van der Waals surface area contributed by atoms with E-state index in [-0.39, 0.29) is 11.0 Å². The highest BCUT2D eigenvalue weighted by Crippen LogP contribution is 2.40. The Kier molecular flexibility index (Phi) is 4.60. The number of thioether (sulfide) groups is 2. The Morgan fingerprint density at radius 1 is 1.27 bits per heavy atom. The Morgan fingerprint density at radius 3 is 2.64 bits per heavy atom. The molecule has 0 spiro atoms. The molecular weight excluding hydrogens is 340 g/mol. The molecule has 1 aliphatic rings. The first-order valence-corrected chi connectivity index (χ1v) is 9.37. The van der Waals surface area contributed by atoms with Gasteiger partial charge in [0.05, 0.1) is 19.5 Å². The lowest BCUT2D eigenvalue weighted by atomic mass is 10.1. The summed E-state index contributed by atoms with van der Waals surface area (Å²) in [6.07, 6.45) is 2.61. The zero-order chi connectivity index (χ0) is 15.7. The van der Waals surface area contributed by atoms with Crippen molar-refractivity contribution in [1.29, 1.82) is 0 Å². The van der Waals surface area contributed by atoms with Crippen LogP contribution in [-0.4, -0.2) is 40.9 Å². The van der Waals surface area contributed by atoms with Gasteiger partial charge in [-0.1, -0.05) is 23.5 Å². The number of fused-ring (bicyclic) bond motifs is 1. The third kappa shape index (κ3) is 2.82. The van der Waals surface area contributed by atoms with Gasteiger partial charge < -0.3 is 9.47 Å². The van der Waals surface area contributed by atoms with Gasteiger partial charge in [0.2, 0.25) is 5.16 Å². The maximum Gasteiger partial charge on any atom is 0.200 e. The Hall–Kier alpha value is -1.25. The van der Waals surface area contributed by atoms with Gasteiger partial charge in [-0.3, -0.25) is 4.79 Å². The normalized spacial score (nSPS) is 16.7. The van der Waals surface area contributed by atoms with Crippen LogP contribution in [0.4, 0.5) is 0 Å². The lowest BCUT2D eigenvalue weighted by molar-refractivity contribution is 0.1000. The summed E-state index contributed by atoms with van der Waals surface area (Å²) < 4.78 is 15.6. The van der Waals surface area contributed by atoms with Crippen molar-refractivity contribution in [2.45, 2.75) is 21.2 Å². The van der Waals surface area contributed by atoms with Crippen molar-refractivity contribution in [3.05, 3.63) is 23.3 Å². The molecule has 5 nitrogen and oxygen atoms in total. The molecule has 1 aromatic heterocycles. The second-order valence-corrected chi connectivity index (χ2v) is 7.56. The molecule has 0 amide bonds. The molecule has 0 radical (unpaired) electrons. The first-order valence-electron chi connectivity index (χ1n) is 6.49. The van der Waals surface area contributed by atoms with E-state index in [2.05, 4.69) is 9.36 Å². The molecule has 0 unspecified atom stereocenters. The van der Waals surface area contributed by atoms with Gasteiger partial charge in [0, 0.05) is 5.56 Å². The maximum absolute atomic E-state index is 12.6. The van der Waals surface area contributed by atoms with Gasteiger partial charge >= 0.3 is 0 Å². The van der Waals surface area contributed by atoms with Gasteiger partial charge in [-0.2, -0.15) is 4.37 Å². The first kappa shape index (κ1) is 15.6. The number of carbonyl (C=O) groups is 1. The van der Waals surface area contributed by atoms with Gasteiger partial charge in [0.15, 0.2) is 21.6 Å². The van der Waals surface area contributed by atoms with E-state index in [9.17, 15) is 4.79 Å². The van der Waals surface area contributed by atoms with Crippen LogP contribution in [0.25, 0.3) is 0 Å². The molecule has 0 fully saturated rings. The van der Waals surface area contributed by atoms with Crippen LogP contribution in [0.15, 0.2) is 21.6 Å². The summed E-state index contributed by atoms with van der Waals surface area (Å²) in [5.74, 6) is 1.35. The highest BCUT2D eigenvalue weighted by atomic mass is 32.2. The average Bonchev–Trinajstić information content (AvgIpc) is 3.11. The SMILES string of the molecule is COc1cc2c(cc1OC)C(=O)[C@H](Sc1nc(SC)ns1)C2. The number of Topliss-reactive ketones (excluding diaryl/α,β-unsaturated/α-hetero) is 1. The molecule has 8 heteroatoms. The van der Waals surface area contributed by atoms with Crippen molar-refractivity contribution in [3.63, 3.8) is 0 Å². The van der Waals surface area contributed by atoms with Crippen LogP contribution < -0.4 is 9.47 Å². The van der Waals surface area contributed by atoms with E-state index in [0.29, 0.717) is 23.5 Å². The Morgan fingerprint density at radius 2 is 2.00 bits per heavy atom. The molecule has 2 aromatic rings. The molecule has 1 heterocycles. The van der Waals surface area contributed by atoms with Gasteiger partial charge in [0.25, 0.3) is 0 Å². The number of ether oxygens (including phenoxy) is 2. The number of hydrogen-bond acceptors (Lipinski definition) is 8. The fourth-order valence-electron chi connectivity index (χ4n) is 2.33. The monoisotopic (exact) mass is 354 g/mol. The molecule has 0 saturated heterocycles. The standard InChI is InChI=1S/C14H14N2O3S3/c1-18-9-4-7-5-11(12(17)8(7)6-10(9)19-2)21-14-15-13(20-3)16-22-14/h4,6,11H,5H2,1-3H3/t11-/m1/s1. The molecule has 0 saturated carbocycles. The fourth-order valence-corrected chi connectivity index (χ4v) is 4.87. The molecule has 0 bridgehead atoms. The molecule has 3 rings (SSSR count). The van der Waals surface area contributed by atoms with Crippen LogP contribution in [0.2, 0.25) is 0 Å². The molecule has 0 aliphatic heterocycles. The summed E-state index contributed by atoms with van der Waals surface area (Å²) in [4.78, 5) is 17.0. The molecule has 1 aliphatic carbocycles. The summed E-state index contributed by atoms with van der Waals surface area (Å²) in [5, 5.41) is 0.591. The zero-order valence-corrected chi connectivity index (χ0v) is 14.7. The molecule has 0 N–H and O–H groups in total. The second kappa shape index (κ2) is 6.47. The highest BCUT2D eigenvalue weighted by Gasteiger charge is 2.33. The van der Waals surface area contributed by atoms with Crippen molar-refractivity contribution >= 4 is 40.8 Å². The largest absolute Gasteiger partial charge is 0.493 e. The van der Waals surface area contributed by atoms with Crippen LogP contribution >= 0.6 is 35.1 Å². The average molecular weight is 354 g/mol. The van der Waals surface area contributed by atoms with Crippen molar-refractivity contribution in [3.8, 4) is 11.5 Å². The third-order valence-electron chi connectivity index (χ3n) is 3.39. The van der Waals surface area contributed by atoms with Crippen LogP contribution in [0.1, 0.15) is 15.9 Å². The van der Waals surface area contributed by atoms with E-state index in [4.69, 9.17) is 9.47 Å². The fraction of sp³-hybridized carbons (Fsp3) is 0.357. The molecule has 116 valence electrons. The van der Waals surface area contributed by atoms with E-state index >= 15 is 0 Å². The van der Waals surface area contributed by atoms with Gasteiger partial charge in [-0.25, -0.2) is 4.98 Å². The Bertz CT molecular complexity index is 717. The highest BCUT2D eigenvalue weighted by molar-refractivity contribution is 8.02. The predicted octanol–water partition coefficient (Wildman–Crippen LogP) is 3.18. The third-order valence-corrected chi connectivity index (χ3v) is 6.03. The topological polar surface area (TPSA) is 61.3 Å². The predicted molar refractivity (Wildman–Crippen MR) is 88.9 cm³/mol. The van der Waals surface area contributed by atoms with Crippen LogP contribution in [0.5, 0.6) is 11.5 Å². The van der Waals surface area contributed by atoms with Gasteiger partial charge in [-0.05, 0) is 41.9 Å². The van der Waals surface area contributed by atoms with Crippen molar-refractivity contribution in [2.24, 2.45) is 0 Å². The number of benzene rings is 1. The summed E-state index contributed by atoms with van der Waals surface area (Å²) in [7, 11) is 3.17.